The van der Waals surface area contributed by atoms with E-state index in [0.29, 0.717) is 21.8 Å². The van der Waals surface area contributed by atoms with Gasteiger partial charge in [-0.25, -0.2) is 0 Å². The number of phenolic OH excluding ortho intramolecular Hbond substituents is 2. The second-order valence-corrected chi connectivity index (χ2v) is 5.79. The topological polar surface area (TPSA) is 69.9 Å². The summed E-state index contributed by atoms with van der Waals surface area (Å²) < 4.78 is 0. The van der Waals surface area contributed by atoms with E-state index in [2.05, 4.69) is 4.99 Å². The van der Waals surface area contributed by atoms with Gasteiger partial charge in [-0.15, -0.1) is 0 Å². The van der Waals surface area contributed by atoms with Crippen LogP contribution >= 0.6 is 11.6 Å². The Hall–Kier alpha value is -3.11. The molecule has 0 aliphatic heterocycles. The van der Waals surface area contributed by atoms with E-state index in [-0.39, 0.29) is 22.8 Å². The molecule has 3 aromatic carbocycles. The van der Waals surface area contributed by atoms with E-state index in [1.54, 1.807) is 54.6 Å². The molecule has 0 aliphatic carbocycles. The van der Waals surface area contributed by atoms with Crippen LogP contribution in [0.2, 0.25) is 5.02 Å². The van der Waals surface area contributed by atoms with Gasteiger partial charge in [-0.1, -0.05) is 41.9 Å². The lowest BCUT2D eigenvalue weighted by Gasteiger charge is -2.07. The highest BCUT2D eigenvalue weighted by Crippen LogP contribution is 2.29. The number of rotatable bonds is 4. The molecule has 0 aliphatic rings. The van der Waals surface area contributed by atoms with Crippen molar-refractivity contribution >= 4 is 29.3 Å². The number of phenols is 2. The number of nitrogens with zero attached hydrogens (tertiary/aromatic N) is 1. The van der Waals surface area contributed by atoms with Gasteiger partial charge in [0.15, 0.2) is 5.78 Å². The summed E-state index contributed by atoms with van der Waals surface area (Å²) in [5.41, 5.74) is 1.52. The molecular weight excluding hydrogens is 338 g/mol. The average molecular weight is 352 g/mol. The van der Waals surface area contributed by atoms with Crippen molar-refractivity contribution in [3.05, 3.63) is 88.4 Å². The largest absolute Gasteiger partial charge is 0.507 e. The Morgan fingerprint density at radius 1 is 0.920 bits per heavy atom. The van der Waals surface area contributed by atoms with E-state index in [1.807, 2.05) is 0 Å². The van der Waals surface area contributed by atoms with Gasteiger partial charge in [0.1, 0.15) is 11.5 Å². The summed E-state index contributed by atoms with van der Waals surface area (Å²) in [4.78, 5) is 16.8. The highest BCUT2D eigenvalue weighted by molar-refractivity contribution is 6.30. The Morgan fingerprint density at radius 2 is 1.60 bits per heavy atom. The molecule has 0 heterocycles. The molecule has 3 aromatic rings. The van der Waals surface area contributed by atoms with Gasteiger partial charge < -0.3 is 10.2 Å². The quantitative estimate of drug-likeness (QED) is 0.527. The van der Waals surface area contributed by atoms with Crippen molar-refractivity contribution in [1.82, 2.24) is 0 Å². The zero-order valence-corrected chi connectivity index (χ0v) is 13.8. The van der Waals surface area contributed by atoms with Gasteiger partial charge in [-0.05, 0) is 30.3 Å². The average Bonchev–Trinajstić information content (AvgIpc) is 2.62. The third-order valence-corrected chi connectivity index (χ3v) is 3.86. The molecule has 0 fully saturated rings. The normalized spacial score (nSPS) is 10.9. The molecule has 0 saturated carbocycles. The van der Waals surface area contributed by atoms with Crippen LogP contribution < -0.4 is 0 Å². The molecule has 0 aromatic heterocycles. The first kappa shape index (κ1) is 16.7. The summed E-state index contributed by atoms with van der Waals surface area (Å²) in [6.07, 6.45) is 1.43. The van der Waals surface area contributed by atoms with E-state index in [4.69, 9.17) is 11.6 Å². The lowest BCUT2D eigenvalue weighted by Crippen LogP contribution is -2.02. The van der Waals surface area contributed by atoms with E-state index in [9.17, 15) is 15.0 Å². The highest BCUT2D eigenvalue weighted by atomic mass is 35.5. The van der Waals surface area contributed by atoms with Crippen molar-refractivity contribution in [2.24, 2.45) is 4.99 Å². The van der Waals surface area contributed by atoms with E-state index >= 15 is 0 Å². The van der Waals surface area contributed by atoms with Crippen molar-refractivity contribution in [2.45, 2.75) is 0 Å². The summed E-state index contributed by atoms with van der Waals surface area (Å²) in [5, 5.41) is 20.6. The number of halogens is 1. The first-order valence-electron chi connectivity index (χ1n) is 7.50. The summed E-state index contributed by atoms with van der Waals surface area (Å²) in [6, 6.07) is 18.0. The Kier molecular flexibility index (Phi) is 4.82. The number of aliphatic imine (C=N–C) groups is 1. The number of ketones is 1. The Bertz CT molecular complexity index is 935. The van der Waals surface area contributed by atoms with Gasteiger partial charge in [0.25, 0.3) is 0 Å². The SMILES string of the molecule is O=C(c1ccccc1)c1cc(/C=N/c2ccc(Cl)cc2)c(O)cc1O. The summed E-state index contributed by atoms with van der Waals surface area (Å²) >= 11 is 5.83. The fourth-order valence-electron chi connectivity index (χ4n) is 2.30. The smallest absolute Gasteiger partial charge is 0.196 e. The third-order valence-electron chi connectivity index (χ3n) is 3.60. The zero-order valence-electron chi connectivity index (χ0n) is 13.1. The number of carbonyl (C=O) groups excluding carboxylic acids is 1. The number of benzene rings is 3. The first-order valence-corrected chi connectivity index (χ1v) is 7.88. The zero-order chi connectivity index (χ0) is 17.8. The van der Waals surface area contributed by atoms with Crippen LogP contribution in [0.15, 0.2) is 71.7 Å². The molecule has 0 unspecified atom stereocenters. The highest BCUT2D eigenvalue weighted by Gasteiger charge is 2.16. The van der Waals surface area contributed by atoms with Gasteiger partial charge in [-0.3, -0.25) is 9.79 Å². The van der Waals surface area contributed by atoms with Gasteiger partial charge in [-0.2, -0.15) is 0 Å². The van der Waals surface area contributed by atoms with Crippen LogP contribution in [-0.2, 0) is 0 Å². The minimum Gasteiger partial charge on any atom is -0.507 e. The fourth-order valence-corrected chi connectivity index (χ4v) is 2.42. The molecule has 25 heavy (non-hydrogen) atoms. The molecule has 5 heteroatoms. The summed E-state index contributed by atoms with van der Waals surface area (Å²) in [6.45, 7) is 0. The number of aromatic hydroxyl groups is 2. The van der Waals surface area contributed by atoms with Gasteiger partial charge in [0.2, 0.25) is 0 Å². The van der Waals surface area contributed by atoms with E-state index < -0.39 is 0 Å². The number of hydrogen-bond donors (Lipinski definition) is 2. The maximum absolute atomic E-state index is 12.5. The molecule has 2 N–H and O–H groups in total. The van der Waals surface area contributed by atoms with Crippen molar-refractivity contribution in [1.29, 1.82) is 0 Å². The maximum Gasteiger partial charge on any atom is 0.196 e. The van der Waals surface area contributed by atoms with E-state index in [0.717, 1.165) is 6.07 Å². The Balaban J connectivity index is 1.95. The van der Waals surface area contributed by atoms with Crippen LogP contribution in [0.3, 0.4) is 0 Å². The Labute approximate surface area is 149 Å². The monoisotopic (exact) mass is 351 g/mol. The minimum absolute atomic E-state index is 0.0987. The molecule has 0 bridgehead atoms. The summed E-state index contributed by atoms with van der Waals surface area (Å²) in [7, 11) is 0. The molecule has 4 nitrogen and oxygen atoms in total. The van der Waals surface area contributed by atoms with Crippen molar-refractivity contribution in [3.63, 3.8) is 0 Å². The van der Waals surface area contributed by atoms with Crippen LogP contribution in [-0.4, -0.2) is 22.2 Å². The van der Waals surface area contributed by atoms with Crippen LogP contribution in [0.1, 0.15) is 21.5 Å². The second-order valence-electron chi connectivity index (χ2n) is 5.36. The first-order chi connectivity index (χ1) is 12.0. The molecule has 3 rings (SSSR count). The predicted molar refractivity (Wildman–Crippen MR) is 98.4 cm³/mol. The molecular formula is C20H14ClNO3. The van der Waals surface area contributed by atoms with Crippen LogP contribution in [0.25, 0.3) is 0 Å². The van der Waals surface area contributed by atoms with Gasteiger partial charge in [0, 0.05) is 28.4 Å². The van der Waals surface area contributed by atoms with Gasteiger partial charge >= 0.3 is 0 Å². The molecule has 0 amide bonds. The van der Waals surface area contributed by atoms with Crippen molar-refractivity contribution < 1.29 is 15.0 Å². The minimum atomic E-state index is -0.334. The van der Waals surface area contributed by atoms with Crippen LogP contribution in [0, 0.1) is 0 Å². The lowest BCUT2D eigenvalue weighted by molar-refractivity contribution is 0.103. The standard InChI is InChI=1S/C20H14ClNO3/c21-15-6-8-16(9-7-15)22-12-14-10-17(19(24)11-18(14)23)20(25)13-4-2-1-3-5-13/h1-12,23-24H/b22-12+. The summed E-state index contributed by atoms with van der Waals surface area (Å²) in [5.74, 6) is -0.783. The molecule has 0 saturated heterocycles. The lowest BCUT2D eigenvalue weighted by atomic mass is 10.00. The van der Waals surface area contributed by atoms with Gasteiger partial charge in [0.05, 0.1) is 11.3 Å². The second kappa shape index (κ2) is 7.20. The van der Waals surface area contributed by atoms with Crippen molar-refractivity contribution in [3.8, 4) is 11.5 Å². The van der Waals surface area contributed by atoms with Crippen molar-refractivity contribution in [2.75, 3.05) is 0 Å². The van der Waals surface area contributed by atoms with E-state index in [1.165, 1.54) is 12.3 Å². The van der Waals surface area contributed by atoms with Crippen LogP contribution in [0.4, 0.5) is 5.69 Å². The third kappa shape index (κ3) is 3.87. The molecule has 124 valence electrons. The molecule has 0 atom stereocenters. The number of carbonyl (C=O) groups is 1. The van der Waals surface area contributed by atoms with Crippen LogP contribution in [0.5, 0.6) is 11.5 Å². The number of hydrogen-bond acceptors (Lipinski definition) is 4. The fraction of sp³-hybridized carbons (Fsp3) is 0. The molecule has 0 radical (unpaired) electrons. The maximum atomic E-state index is 12.5. The Morgan fingerprint density at radius 3 is 2.28 bits per heavy atom. The molecule has 0 spiro atoms. The predicted octanol–water partition coefficient (Wildman–Crippen LogP) is 4.73.